The second-order valence-corrected chi connectivity index (χ2v) is 4.41. The summed E-state index contributed by atoms with van der Waals surface area (Å²) in [6.07, 6.45) is -0.280. The summed E-state index contributed by atoms with van der Waals surface area (Å²) < 4.78 is 5.38. The molecule has 0 aliphatic carbocycles. The van der Waals surface area contributed by atoms with E-state index in [-0.39, 0.29) is 12.1 Å². The van der Waals surface area contributed by atoms with Crippen LogP contribution in [0.15, 0.2) is 54.6 Å². The molecular formula is C15H13ClO2. The maximum atomic E-state index is 11.9. The number of ether oxygens (including phenoxy) is 1. The highest BCUT2D eigenvalue weighted by Crippen LogP contribution is 2.19. The van der Waals surface area contributed by atoms with Crippen molar-refractivity contribution in [2.24, 2.45) is 0 Å². The van der Waals surface area contributed by atoms with Gasteiger partial charge in [0.2, 0.25) is 0 Å². The molecule has 2 rings (SSSR count). The van der Waals surface area contributed by atoms with E-state index in [0.717, 1.165) is 5.56 Å². The first-order valence-corrected chi connectivity index (χ1v) is 6.06. The lowest BCUT2D eigenvalue weighted by Crippen LogP contribution is -2.09. The van der Waals surface area contributed by atoms with E-state index in [1.54, 1.807) is 24.3 Å². The molecule has 2 nitrogen and oxygen atoms in total. The van der Waals surface area contributed by atoms with E-state index in [1.165, 1.54) is 0 Å². The molecule has 0 unspecified atom stereocenters. The molecular weight excluding hydrogens is 248 g/mol. The summed E-state index contributed by atoms with van der Waals surface area (Å²) in [5, 5.41) is 0.525. The molecule has 0 spiro atoms. The summed E-state index contributed by atoms with van der Waals surface area (Å²) in [5.74, 6) is -0.367. The van der Waals surface area contributed by atoms with Crippen LogP contribution in [0.2, 0.25) is 5.02 Å². The first-order valence-electron chi connectivity index (χ1n) is 5.68. The van der Waals surface area contributed by atoms with E-state index in [2.05, 4.69) is 0 Å². The van der Waals surface area contributed by atoms with Crippen molar-refractivity contribution < 1.29 is 9.53 Å². The highest BCUT2D eigenvalue weighted by molar-refractivity contribution is 6.30. The van der Waals surface area contributed by atoms with Crippen LogP contribution in [-0.4, -0.2) is 5.97 Å². The fourth-order valence-electron chi connectivity index (χ4n) is 1.64. The first kappa shape index (κ1) is 12.7. The Hall–Kier alpha value is -1.80. The SMILES string of the molecule is C[C@@H](OC(=O)c1cccc(Cl)c1)c1ccccc1. The molecule has 0 saturated carbocycles. The lowest BCUT2D eigenvalue weighted by Gasteiger charge is -2.13. The molecule has 18 heavy (non-hydrogen) atoms. The molecule has 0 radical (unpaired) electrons. The molecule has 0 aliphatic rings. The van der Waals surface area contributed by atoms with E-state index >= 15 is 0 Å². The Labute approximate surface area is 111 Å². The molecule has 0 N–H and O–H groups in total. The number of carbonyl (C=O) groups is 1. The smallest absolute Gasteiger partial charge is 0.338 e. The van der Waals surface area contributed by atoms with Crippen molar-refractivity contribution in [1.82, 2.24) is 0 Å². The molecule has 0 fully saturated rings. The molecule has 0 aromatic heterocycles. The van der Waals surface area contributed by atoms with Crippen LogP contribution >= 0.6 is 11.6 Å². The van der Waals surface area contributed by atoms with Crippen molar-refractivity contribution in [3.05, 3.63) is 70.7 Å². The Bertz CT molecular complexity index is 537. The Morgan fingerprint density at radius 3 is 2.50 bits per heavy atom. The highest BCUT2D eigenvalue weighted by atomic mass is 35.5. The molecule has 0 amide bonds. The van der Waals surface area contributed by atoms with E-state index in [1.807, 2.05) is 37.3 Å². The predicted molar refractivity (Wildman–Crippen MR) is 71.7 cm³/mol. The van der Waals surface area contributed by atoms with Crippen molar-refractivity contribution in [2.45, 2.75) is 13.0 Å². The minimum Gasteiger partial charge on any atom is -0.454 e. The second kappa shape index (κ2) is 5.69. The van der Waals surface area contributed by atoms with Gasteiger partial charge >= 0.3 is 5.97 Å². The van der Waals surface area contributed by atoms with Crippen molar-refractivity contribution in [1.29, 1.82) is 0 Å². The number of halogens is 1. The third kappa shape index (κ3) is 3.11. The van der Waals surface area contributed by atoms with Gasteiger partial charge < -0.3 is 4.74 Å². The summed E-state index contributed by atoms with van der Waals surface area (Å²) in [6, 6.07) is 16.3. The highest BCUT2D eigenvalue weighted by Gasteiger charge is 2.13. The number of hydrogen-bond donors (Lipinski definition) is 0. The number of rotatable bonds is 3. The first-order chi connectivity index (χ1) is 8.66. The van der Waals surface area contributed by atoms with Gasteiger partial charge in [-0.15, -0.1) is 0 Å². The average Bonchev–Trinajstić information content (AvgIpc) is 2.39. The number of carbonyl (C=O) groups excluding carboxylic acids is 1. The quantitative estimate of drug-likeness (QED) is 0.771. The minimum absolute atomic E-state index is 0.280. The van der Waals surface area contributed by atoms with Gasteiger partial charge in [-0.05, 0) is 30.7 Å². The fourth-order valence-corrected chi connectivity index (χ4v) is 1.83. The van der Waals surface area contributed by atoms with Crippen LogP contribution in [0.5, 0.6) is 0 Å². The number of benzene rings is 2. The molecule has 0 saturated heterocycles. The molecule has 92 valence electrons. The van der Waals surface area contributed by atoms with Crippen LogP contribution in [0.4, 0.5) is 0 Å². The lowest BCUT2D eigenvalue weighted by atomic mass is 10.1. The zero-order valence-electron chi connectivity index (χ0n) is 9.97. The second-order valence-electron chi connectivity index (χ2n) is 3.97. The summed E-state index contributed by atoms with van der Waals surface area (Å²) in [4.78, 5) is 11.9. The fraction of sp³-hybridized carbons (Fsp3) is 0.133. The zero-order chi connectivity index (χ0) is 13.0. The molecule has 0 bridgehead atoms. The van der Waals surface area contributed by atoms with Crippen LogP contribution in [0, 0.1) is 0 Å². The van der Waals surface area contributed by atoms with Crippen LogP contribution in [0.1, 0.15) is 28.9 Å². The Kier molecular flexibility index (Phi) is 4.00. The predicted octanol–water partition coefficient (Wildman–Crippen LogP) is 4.26. The molecule has 2 aromatic rings. The topological polar surface area (TPSA) is 26.3 Å². The standard InChI is InChI=1S/C15H13ClO2/c1-11(12-6-3-2-4-7-12)18-15(17)13-8-5-9-14(16)10-13/h2-11H,1H3/t11-/m1/s1. The van der Waals surface area contributed by atoms with Gasteiger partial charge in [-0.1, -0.05) is 48.0 Å². The van der Waals surface area contributed by atoms with Gasteiger partial charge in [0.05, 0.1) is 5.56 Å². The molecule has 0 heterocycles. The summed E-state index contributed by atoms with van der Waals surface area (Å²) in [5.41, 5.74) is 1.43. The number of esters is 1. The maximum absolute atomic E-state index is 11.9. The average molecular weight is 261 g/mol. The van der Waals surface area contributed by atoms with Crippen LogP contribution < -0.4 is 0 Å². The van der Waals surface area contributed by atoms with Gasteiger partial charge in [-0.2, -0.15) is 0 Å². The van der Waals surface area contributed by atoms with Crippen LogP contribution in [0.25, 0.3) is 0 Å². The Balaban J connectivity index is 2.08. The summed E-state index contributed by atoms with van der Waals surface area (Å²) >= 11 is 5.83. The van der Waals surface area contributed by atoms with Gasteiger partial charge in [0, 0.05) is 5.02 Å². The van der Waals surface area contributed by atoms with Gasteiger partial charge in [-0.25, -0.2) is 4.79 Å². The van der Waals surface area contributed by atoms with Gasteiger partial charge in [-0.3, -0.25) is 0 Å². The third-order valence-corrected chi connectivity index (χ3v) is 2.85. The van der Waals surface area contributed by atoms with E-state index in [4.69, 9.17) is 16.3 Å². The lowest BCUT2D eigenvalue weighted by molar-refractivity contribution is 0.0338. The molecule has 2 aromatic carbocycles. The van der Waals surface area contributed by atoms with Crippen molar-refractivity contribution in [3.63, 3.8) is 0 Å². The number of hydrogen-bond acceptors (Lipinski definition) is 2. The molecule has 3 heteroatoms. The monoisotopic (exact) mass is 260 g/mol. The third-order valence-electron chi connectivity index (χ3n) is 2.61. The minimum atomic E-state index is -0.367. The Morgan fingerprint density at radius 2 is 1.83 bits per heavy atom. The van der Waals surface area contributed by atoms with Crippen LogP contribution in [-0.2, 0) is 4.74 Å². The van der Waals surface area contributed by atoms with Gasteiger partial charge in [0.25, 0.3) is 0 Å². The summed E-state index contributed by atoms with van der Waals surface area (Å²) in [6.45, 7) is 1.85. The maximum Gasteiger partial charge on any atom is 0.338 e. The van der Waals surface area contributed by atoms with E-state index < -0.39 is 0 Å². The molecule has 1 atom stereocenters. The Morgan fingerprint density at radius 1 is 1.11 bits per heavy atom. The van der Waals surface area contributed by atoms with E-state index in [0.29, 0.717) is 10.6 Å². The van der Waals surface area contributed by atoms with Gasteiger partial charge in [0.15, 0.2) is 0 Å². The summed E-state index contributed by atoms with van der Waals surface area (Å²) in [7, 11) is 0. The van der Waals surface area contributed by atoms with Crippen molar-refractivity contribution >= 4 is 17.6 Å². The van der Waals surface area contributed by atoms with Crippen molar-refractivity contribution in [3.8, 4) is 0 Å². The van der Waals surface area contributed by atoms with Gasteiger partial charge in [0.1, 0.15) is 6.10 Å². The van der Waals surface area contributed by atoms with Crippen molar-refractivity contribution in [2.75, 3.05) is 0 Å². The normalized spacial score (nSPS) is 11.9. The largest absolute Gasteiger partial charge is 0.454 e. The van der Waals surface area contributed by atoms with Crippen LogP contribution in [0.3, 0.4) is 0 Å². The zero-order valence-corrected chi connectivity index (χ0v) is 10.7. The van der Waals surface area contributed by atoms with E-state index in [9.17, 15) is 4.79 Å². The molecule has 0 aliphatic heterocycles.